The van der Waals surface area contributed by atoms with Crippen LogP contribution in [0.15, 0.2) is 45.3 Å². The lowest BCUT2D eigenvalue weighted by molar-refractivity contribution is -0.134. The zero-order valence-electron chi connectivity index (χ0n) is 21.6. The SMILES string of the molecule is CC(=O)O.CC(C)N=C(NC(=NCc1ccccc1)NC(=NC(C)C)NC(C)C)NC(C)C. The lowest BCUT2D eigenvalue weighted by atomic mass is 10.2. The van der Waals surface area contributed by atoms with E-state index in [4.69, 9.17) is 14.9 Å². The Hall–Kier alpha value is -3.10. The van der Waals surface area contributed by atoms with Crippen molar-refractivity contribution >= 4 is 23.8 Å². The van der Waals surface area contributed by atoms with Crippen molar-refractivity contribution in [1.82, 2.24) is 21.3 Å². The molecule has 1 aromatic carbocycles. The number of aliphatic carboxylic acids is 1. The number of carbonyl (C=O) groups is 1. The van der Waals surface area contributed by atoms with Gasteiger partial charge in [0.15, 0.2) is 11.9 Å². The summed E-state index contributed by atoms with van der Waals surface area (Å²) >= 11 is 0. The zero-order valence-corrected chi connectivity index (χ0v) is 21.6. The Morgan fingerprint density at radius 3 is 1.52 bits per heavy atom. The average Bonchev–Trinajstić information content (AvgIpc) is 2.64. The van der Waals surface area contributed by atoms with Crippen molar-refractivity contribution in [3.8, 4) is 0 Å². The second kappa shape index (κ2) is 16.5. The Kier molecular flexibility index (Phi) is 15.0. The van der Waals surface area contributed by atoms with Gasteiger partial charge >= 0.3 is 0 Å². The van der Waals surface area contributed by atoms with E-state index in [-0.39, 0.29) is 24.2 Å². The standard InChI is InChI=1S/C22H39N7.C2H4O2/c1-15(2)24-21(25-16(3)4)28-20(23-14-19-12-10-9-11-13-19)29-22(26-17(5)6)27-18(7)8;1-2(3)4/h9-13,15-18H,14H2,1-8H3,(H4,23,24,25,26,27,28,29);1H3,(H,3,4). The van der Waals surface area contributed by atoms with Gasteiger partial charge in [-0.25, -0.2) is 4.99 Å². The van der Waals surface area contributed by atoms with Crippen LogP contribution in [-0.2, 0) is 11.3 Å². The van der Waals surface area contributed by atoms with Gasteiger partial charge < -0.3 is 15.7 Å². The first-order chi connectivity index (χ1) is 15.4. The lowest BCUT2D eigenvalue weighted by Crippen LogP contribution is -2.54. The van der Waals surface area contributed by atoms with Gasteiger partial charge in [0, 0.05) is 31.1 Å². The minimum absolute atomic E-state index is 0.150. The molecule has 1 rings (SSSR count). The molecule has 0 unspecified atom stereocenters. The number of nitrogens with zero attached hydrogens (tertiary/aromatic N) is 3. The maximum atomic E-state index is 9.00. The highest BCUT2D eigenvalue weighted by Crippen LogP contribution is 2.00. The van der Waals surface area contributed by atoms with Crippen LogP contribution in [0.1, 0.15) is 67.9 Å². The van der Waals surface area contributed by atoms with Gasteiger partial charge in [-0.05, 0) is 61.0 Å². The summed E-state index contributed by atoms with van der Waals surface area (Å²) in [5, 5.41) is 20.8. The molecule has 0 saturated carbocycles. The van der Waals surface area contributed by atoms with E-state index in [1.54, 1.807) is 0 Å². The van der Waals surface area contributed by atoms with E-state index < -0.39 is 5.97 Å². The lowest BCUT2D eigenvalue weighted by Gasteiger charge is -2.21. The number of nitrogens with one attached hydrogen (secondary N) is 4. The first-order valence-electron chi connectivity index (χ1n) is 11.4. The fourth-order valence-corrected chi connectivity index (χ4v) is 2.36. The normalized spacial score (nSPS) is 11.8. The van der Waals surface area contributed by atoms with Crippen molar-refractivity contribution in [2.24, 2.45) is 15.0 Å². The minimum atomic E-state index is -0.833. The number of hydrogen-bond donors (Lipinski definition) is 5. The molecule has 9 nitrogen and oxygen atoms in total. The largest absolute Gasteiger partial charge is 0.481 e. The van der Waals surface area contributed by atoms with Crippen LogP contribution < -0.4 is 21.3 Å². The third kappa shape index (κ3) is 18.2. The molecule has 9 heteroatoms. The summed E-state index contributed by atoms with van der Waals surface area (Å²) in [6, 6.07) is 10.9. The minimum Gasteiger partial charge on any atom is -0.481 e. The predicted octanol–water partition coefficient (Wildman–Crippen LogP) is 3.34. The number of guanidine groups is 3. The molecule has 0 radical (unpaired) electrons. The molecule has 0 heterocycles. The Bertz CT molecular complexity index is 730. The van der Waals surface area contributed by atoms with Crippen LogP contribution in [0, 0.1) is 0 Å². The molecule has 1 aromatic rings. The van der Waals surface area contributed by atoms with Crippen molar-refractivity contribution in [3.05, 3.63) is 35.9 Å². The van der Waals surface area contributed by atoms with Crippen LogP contribution in [0.25, 0.3) is 0 Å². The van der Waals surface area contributed by atoms with Gasteiger partial charge in [0.05, 0.1) is 6.54 Å². The molecular weight excluding hydrogens is 418 g/mol. The molecule has 0 atom stereocenters. The van der Waals surface area contributed by atoms with E-state index in [1.165, 1.54) is 0 Å². The summed E-state index contributed by atoms with van der Waals surface area (Å²) in [6.07, 6.45) is 0. The molecule has 5 N–H and O–H groups in total. The van der Waals surface area contributed by atoms with Crippen LogP contribution in [-0.4, -0.2) is 53.1 Å². The Labute approximate surface area is 199 Å². The summed E-state index contributed by atoms with van der Waals surface area (Å²) in [5.41, 5.74) is 1.13. The van der Waals surface area contributed by atoms with Gasteiger partial charge in [-0.1, -0.05) is 30.3 Å². The molecule has 0 spiro atoms. The Balaban J connectivity index is 0.00000235. The number of rotatable bonds is 6. The summed E-state index contributed by atoms with van der Waals surface area (Å²) in [6.45, 7) is 18.1. The number of aliphatic imine (C=N–C) groups is 3. The van der Waals surface area contributed by atoms with Gasteiger partial charge in [-0.3, -0.25) is 25.4 Å². The Morgan fingerprint density at radius 1 is 0.788 bits per heavy atom. The van der Waals surface area contributed by atoms with Gasteiger partial charge in [-0.2, -0.15) is 0 Å². The van der Waals surface area contributed by atoms with E-state index in [2.05, 4.69) is 71.1 Å². The van der Waals surface area contributed by atoms with Crippen LogP contribution in [0.5, 0.6) is 0 Å². The highest BCUT2D eigenvalue weighted by molar-refractivity contribution is 6.06. The maximum Gasteiger partial charge on any atom is 0.300 e. The van der Waals surface area contributed by atoms with E-state index in [0.29, 0.717) is 24.4 Å². The summed E-state index contributed by atoms with van der Waals surface area (Å²) < 4.78 is 0. The summed E-state index contributed by atoms with van der Waals surface area (Å²) in [7, 11) is 0. The van der Waals surface area contributed by atoms with Gasteiger partial charge in [0.1, 0.15) is 0 Å². The maximum absolute atomic E-state index is 9.00. The monoisotopic (exact) mass is 461 g/mol. The van der Waals surface area contributed by atoms with Crippen LogP contribution >= 0.6 is 0 Å². The molecule has 0 amide bonds. The predicted molar refractivity (Wildman–Crippen MR) is 139 cm³/mol. The highest BCUT2D eigenvalue weighted by Gasteiger charge is 2.11. The fraction of sp³-hybridized carbons (Fsp3) is 0.583. The van der Waals surface area contributed by atoms with E-state index >= 15 is 0 Å². The number of carboxylic acid groups (broad SMARTS) is 1. The van der Waals surface area contributed by atoms with Crippen molar-refractivity contribution in [2.75, 3.05) is 0 Å². The topological polar surface area (TPSA) is 122 Å². The second-order valence-corrected chi connectivity index (χ2v) is 8.66. The number of carboxylic acids is 1. The van der Waals surface area contributed by atoms with Gasteiger partial charge in [0.2, 0.25) is 5.96 Å². The van der Waals surface area contributed by atoms with E-state index in [1.807, 2.05) is 45.9 Å². The van der Waals surface area contributed by atoms with Crippen LogP contribution in [0.2, 0.25) is 0 Å². The third-order valence-electron chi connectivity index (χ3n) is 3.36. The Morgan fingerprint density at radius 2 is 1.18 bits per heavy atom. The fourth-order valence-electron chi connectivity index (χ4n) is 2.36. The first-order valence-corrected chi connectivity index (χ1v) is 11.4. The van der Waals surface area contributed by atoms with E-state index in [9.17, 15) is 0 Å². The second-order valence-electron chi connectivity index (χ2n) is 8.66. The molecule has 0 aliphatic heterocycles. The molecule has 0 saturated heterocycles. The highest BCUT2D eigenvalue weighted by atomic mass is 16.4. The molecule has 186 valence electrons. The molecule has 0 bridgehead atoms. The van der Waals surface area contributed by atoms with Gasteiger partial charge in [0.25, 0.3) is 5.97 Å². The number of benzene rings is 1. The first kappa shape index (κ1) is 29.9. The van der Waals surface area contributed by atoms with Crippen molar-refractivity contribution in [1.29, 1.82) is 0 Å². The van der Waals surface area contributed by atoms with Crippen molar-refractivity contribution in [3.63, 3.8) is 0 Å². The summed E-state index contributed by atoms with van der Waals surface area (Å²) in [4.78, 5) is 23.1. The molecule has 0 fully saturated rings. The molecular formula is C24H43N7O2. The quantitative estimate of drug-likeness (QED) is 0.327. The van der Waals surface area contributed by atoms with Crippen molar-refractivity contribution in [2.45, 2.75) is 93.0 Å². The molecule has 33 heavy (non-hydrogen) atoms. The smallest absolute Gasteiger partial charge is 0.300 e. The van der Waals surface area contributed by atoms with E-state index in [0.717, 1.165) is 12.5 Å². The van der Waals surface area contributed by atoms with Crippen molar-refractivity contribution < 1.29 is 9.90 Å². The molecule has 0 aliphatic carbocycles. The zero-order chi connectivity index (χ0) is 25.4. The molecule has 0 aromatic heterocycles. The third-order valence-corrected chi connectivity index (χ3v) is 3.36. The van der Waals surface area contributed by atoms with Gasteiger partial charge in [-0.15, -0.1) is 0 Å². The number of hydrogen-bond acceptors (Lipinski definition) is 4. The molecule has 0 aliphatic rings. The van der Waals surface area contributed by atoms with Crippen LogP contribution in [0.3, 0.4) is 0 Å². The average molecular weight is 462 g/mol. The van der Waals surface area contributed by atoms with Crippen LogP contribution in [0.4, 0.5) is 0 Å². The summed E-state index contributed by atoms with van der Waals surface area (Å²) in [5.74, 6) is 1.12.